The van der Waals surface area contributed by atoms with Gasteiger partial charge in [0.15, 0.2) is 0 Å². The monoisotopic (exact) mass is 620 g/mol. The van der Waals surface area contributed by atoms with Crippen molar-refractivity contribution in [3.63, 3.8) is 0 Å². The number of aryl methyl sites for hydroxylation is 4. The molecule has 230 valence electrons. The van der Waals surface area contributed by atoms with E-state index in [1.54, 1.807) is 0 Å². The zero-order chi connectivity index (χ0) is 31.7. The molecule has 0 N–H and O–H groups in total. The first-order chi connectivity index (χ1) is 23.8. The van der Waals surface area contributed by atoms with E-state index in [4.69, 9.17) is 15.5 Å². The second-order valence-electron chi connectivity index (χ2n) is 13.1. The number of aromatic nitrogens is 6. The molecule has 0 spiro atoms. The minimum Gasteiger partial charge on any atom is -0.233 e. The van der Waals surface area contributed by atoms with E-state index in [0.29, 0.717) is 0 Å². The number of nitrogens with zero attached hydrogens (tertiary/aromatic N) is 6. The molecular formula is C42H32N6. The molecule has 0 saturated heterocycles. The second-order valence-corrected chi connectivity index (χ2v) is 13.1. The Kier molecular flexibility index (Phi) is 6.00. The van der Waals surface area contributed by atoms with Gasteiger partial charge < -0.3 is 0 Å². The van der Waals surface area contributed by atoms with Gasteiger partial charge in [-0.2, -0.15) is 0 Å². The molecule has 10 rings (SSSR count). The molecule has 2 aromatic heterocycles. The lowest BCUT2D eigenvalue weighted by molar-refractivity contribution is 0.458. The highest BCUT2D eigenvalue weighted by molar-refractivity contribution is 5.77. The van der Waals surface area contributed by atoms with Gasteiger partial charge in [0, 0.05) is 0 Å². The maximum absolute atomic E-state index is 5.00. The lowest BCUT2D eigenvalue weighted by Crippen LogP contribution is -2.40. The van der Waals surface area contributed by atoms with E-state index in [2.05, 4.69) is 136 Å². The molecule has 0 amide bonds. The SMILES string of the molecule is c1ccc2c(c1)CCc1cc(C3(n4nnc5ccccc54)c4ccccc4CCc4ccccc43)ccc1C2n1nnc2ccccc21. The molecule has 0 saturated carbocycles. The molecule has 6 aromatic carbocycles. The molecule has 6 heteroatoms. The Labute approximate surface area is 278 Å². The van der Waals surface area contributed by atoms with Gasteiger partial charge in [0.1, 0.15) is 22.6 Å². The Morgan fingerprint density at radius 1 is 0.479 bits per heavy atom. The largest absolute Gasteiger partial charge is 0.233 e. The van der Waals surface area contributed by atoms with Crippen LogP contribution < -0.4 is 0 Å². The Morgan fingerprint density at radius 3 is 1.79 bits per heavy atom. The summed E-state index contributed by atoms with van der Waals surface area (Å²) in [6.45, 7) is 0. The number of fused-ring (bicyclic) bond motifs is 6. The Morgan fingerprint density at radius 2 is 1.02 bits per heavy atom. The van der Waals surface area contributed by atoms with Crippen molar-refractivity contribution in [2.75, 3.05) is 0 Å². The normalized spacial score (nSPS) is 16.4. The van der Waals surface area contributed by atoms with Gasteiger partial charge in [-0.15, -0.1) is 10.2 Å². The molecule has 8 aromatic rings. The second kappa shape index (κ2) is 10.6. The van der Waals surface area contributed by atoms with E-state index >= 15 is 0 Å². The molecule has 1 unspecified atom stereocenters. The molecule has 2 heterocycles. The van der Waals surface area contributed by atoms with Crippen LogP contribution in [0.2, 0.25) is 0 Å². The highest BCUT2D eigenvalue weighted by atomic mass is 15.5. The third kappa shape index (κ3) is 3.86. The van der Waals surface area contributed by atoms with Gasteiger partial charge in [0.2, 0.25) is 0 Å². The van der Waals surface area contributed by atoms with Gasteiger partial charge in [0.25, 0.3) is 0 Å². The fourth-order valence-electron chi connectivity index (χ4n) is 8.50. The van der Waals surface area contributed by atoms with E-state index in [1.807, 2.05) is 18.2 Å². The van der Waals surface area contributed by atoms with Gasteiger partial charge in [-0.1, -0.05) is 126 Å². The van der Waals surface area contributed by atoms with Gasteiger partial charge in [-0.3, -0.25) is 0 Å². The average Bonchev–Trinajstić information content (AvgIpc) is 3.69. The highest BCUT2D eigenvalue weighted by Crippen LogP contribution is 2.48. The molecular weight excluding hydrogens is 589 g/mol. The zero-order valence-corrected chi connectivity index (χ0v) is 26.4. The van der Waals surface area contributed by atoms with E-state index < -0.39 is 5.54 Å². The summed E-state index contributed by atoms with van der Waals surface area (Å²) in [5.74, 6) is 0. The Hall–Kier alpha value is -5.88. The van der Waals surface area contributed by atoms with Crippen molar-refractivity contribution in [2.45, 2.75) is 37.3 Å². The summed E-state index contributed by atoms with van der Waals surface area (Å²) in [6, 6.07) is 50.4. The van der Waals surface area contributed by atoms with Crippen LogP contribution in [0.3, 0.4) is 0 Å². The topological polar surface area (TPSA) is 61.4 Å². The fraction of sp³-hybridized carbons (Fsp3) is 0.143. The number of para-hydroxylation sites is 2. The lowest BCUT2D eigenvalue weighted by Gasteiger charge is -2.38. The molecule has 0 fully saturated rings. The van der Waals surface area contributed by atoms with Crippen molar-refractivity contribution in [3.05, 3.63) is 190 Å². The van der Waals surface area contributed by atoms with E-state index in [1.165, 1.54) is 50.1 Å². The standard InChI is InChI=1S/C42H32N6/c1-4-14-33-28(11-1)21-24-31-27-32(25-26-34(31)41(33)47-39-19-9-7-17-37(39)43-45-47)42(48-40-20-10-8-18-38(40)44-46-48)35-15-5-2-12-29(35)22-23-30-13-3-6-16-36(30)42/h1-20,25-27,41H,21-24H2. The summed E-state index contributed by atoms with van der Waals surface area (Å²) in [5.41, 5.74) is 14.7. The summed E-state index contributed by atoms with van der Waals surface area (Å²) in [7, 11) is 0. The predicted molar refractivity (Wildman–Crippen MR) is 188 cm³/mol. The first-order valence-corrected chi connectivity index (χ1v) is 16.8. The van der Waals surface area contributed by atoms with Crippen molar-refractivity contribution in [3.8, 4) is 0 Å². The third-order valence-corrected chi connectivity index (χ3v) is 10.6. The van der Waals surface area contributed by atoms with Crippen LogP contribution in [-0.4, -0.2) is 30.0 Å². The first-order valence-electron chi connectivity index (χ1n) is 16.8. The molecule has 2 aliphatic carbocycles. The predicted octanol–water partition coefficient (Wildman–Crippen LogP) is 7.85. The van der Waals surface area contributed by atoms with Crippen LogP contribution in [0, 0.1) is 0 Å². The summed E-state index contributed by atoms with van der Waals surface area (Å²) in [4.78, 5) is 0. The summed E-state index contributed by atoms with van der Waals surface area (Å²) in [5, 5.41) is 19.1. The molecule has 0 aliphatic heterocycles. The number of benzene rings is 6. The van der Waals surface area contributed by atoms with Crippen LogP contribution in [0.4, 0.5) is 0 Å². The summed E-state index contributed by atoms with van der Waals surface area (Å²) in [6.07, 6.45) is 3.79. The van der Waals surface area contributed by atoms with Crippen LogP contribution >= 0.6 is 0 Å². The van der Waals surface area contributed by atoms with E-state index in [-0.39, 0.29) is 6.04 Å². The molecule has 1 atom stereocenters. The molecule has 48 heavy (non-hydrogen) atoms. The quantitative estimate of drug-likeness (QED) is 0.202. The van der Waals surface area contributed by atoms with Crippen molar-refractivity contribution >= 4 is 22.1 Å². The van der Waals surface area contributed by atoms with Crippen LogP contribution in [0.25, 0.3) is 22.1 Å². The van der Waals surface area contributed by atoms with Crippen molar-refractivity contribution in [1.82, 2.24) is 30.0 Å². The summed E-state index contributed by atoms with van der Waals surface area (Å²) >= 11 is 0. The smallest absolute Gasteiger partial charge is 0.141 e. The van der Waals surface area contributed by atoms with Crippen LogP contribution in [0.5, 0.6) is 0 Å². The van der Waals surface area contributed by atoms with E-state index in [9.17, 15) is 0 Å². The maximum atomic E-state index is 5.00. The first kappa shape index (κ1) is 27.3. The number of hydrogen-bond donors (Lipinski definition) is 0. The van der Waals surface area contributed by atoms with Crippen LogP contribution in [0.15, 0.2) is 140 Å². The molecule has 0 radical (unpaired) electrons. The Bertz CT molecular complexity index is 2460. The number of hydrogen-bond acceptors (Lipinski definition) is 4. The van der Waals surface area contributed by atoms with Gasteiger partial charge in [-0.05, 0) is 100 Å². The third-order valence-electron chi connectivity index (χ3n) is 10.6. The zero-order valence-electron chi connectivity index (χ0n) is 26.4. The van der Waals surface area contributed by atoms with Crippen LogP contribution in [-0.2, 0) is 31.2 Å². The van der Waals surface area contributed by atoms with Crippen molar-refractivity contribution in [1.29, 1.82) is 0 Å². The summed E-state index contributed by atoms with van der Waals surface area (Å²) < 4.78 is 4.32. The van der Waals surface area contributed by atoms with Gasteiger partial charge >= 0.3 is 0 Å². The van der Waals surface area contributed by atoms with E-state index in [0.717, 1.165) is 47.8 Å². The number of rotatable bonds is 3. The molecule has 0 bridgehead atoms. The fourth-order valence-corrected chi connectivity index (χ4v) is 8.50. The minimum atomic E-state index is -0.733. The van der Waals surface area contributed by atoms with Gasteiger partial charge in [0.05, 0.1) is 11.0 Å². The highest BCUT2D eigenvalue weighted by Gasteiger charge is 2.45. The minimum absolute atomic E-state index is 0.1000. The molecule has 2 aliphatic rings. The van der Waals surface area contributed by atoms with Crippen molar-refractivity contribution in [2.24, 2.45) is 0 Å². The Balaban J connectivity index is 1.29. The maximum Gasteiger partial charge on any atom is 0.141 e. The van der Waals surface area contributed by atoms with Crippen LogP contribution in [0.1, 0.15) is 56.1 Å². The van der Waals surface area contributed by atoms with Gasteiger partial charge in [-0.25, -0.2) is 9.36 Å². The lowest BCUT2D eigenvalue weighted by atomic mass is 9.74. The average molecular weight is 621 g/mol. The molecule has 6 nitrogen and oxygen atoms in total. The van der Waals surface area contributed by atoms with Crippen molar-refractivity contribution < 1.29 is 0 Å².